The summed E-state index contributed by atoms with van der Waals surface area (Å²) >= 11 is 0. The van der Waals surface area contributed by atoms with E-state index < -0.39 is 12.5 Å². The van der Waals surface area contributed by atoms with E-state index >= 15 is 0 Å². The van der Waals surface area contributed by atoms with Gasteiger partial charge in [-0.3, -0.25) is 4.79 Å². The normalized spacial score (nSPS) is 11.8. The van der Waals surface area contributed by atoms with Crippen molar-refractivity contribution in [2.75, 3.05) is 17.2 Å². The SMILES string of the molecule is Cc1cccc(C(C)Nc2cccc(NC(=O)CO)c2)c1. The number of benzene rings is 2. The molecule has 0 fully saturated rings. The summed E-state index contributed by atoms with van der Waals surface area (Å²) in [7, 11) is 0. The van der Waals surface area contributed by atoms with Gasteiger partial charge in [-0.2, -0.15) is 0 Å². The second-order valence-corrected chi connectivity index (χ2v) is 5.07. The number of aliphatic hydroxyl groups excluding tert-OH is 1. The molecule has 0 aliphatic heterocycles. The number of anilines is 2. The van der Waals surface area contributed by atoms with Crippen molar-refractivity contribution in [3.05, 3.63) is 59.7 Å². The van der Waals surface area contributed by atoms with Crippen LogP contribution in [0.4, 0.5) is 11.4 Å². The average molecular weight is 284 g/mol. The summed E-state index contributed by atoms with van der Waals surface area (Å²) in [6, 6.07) is 15.9. The smallest absolute Gasteiger partial charge is 0.250 e. The largest absolute Gasteiger partial charge is 0.387 e. The number of aliphatic hydroxyl groups is 1. The number of hydrogen-bond acceptors (Lipinski definition) is 3. The standard InChI is InChI=1S/C17H20N2O2/c1-12-5-3-6-14(9-12)13(2)18-15-7-4-8-16(10-15)19-17(21)11-20/h3-10,13,18,20H,11H2,1-2H3,(H,19,21). The fourth-order valence-corrected chi connectivity index (χ4v) is 2.16. The van der Waals surface area contributed by atoms with Gasteiger partial charge in [-0.15, -0.1) is 0 Å². The third kappa shape index (κ3) is 4.33. The Morgan fingerprint density at radius 3 is 2.57 bits per heavy atom. The predicted molar refractivity (Wildman–Crippen MR) is 85.4 cm³/mol. The third-order valence-electron chi connectivity index (χ3n) is 3.22. The number of carbonyl (C=O) groups is 1. The van der Waals surface area contributed by atoms with Crippen LogP contribution < -0.4 is 10.6 Å². The molecule has 1 amide bonds. The molecular formula is C17H20N2O2. The monoisotopic (exact) mass is 284 g/mol. The zero-order valence-corrected chi connectivity index (χ0v) is 12.3. The van der Waals surface area contributed by atoms with Crippen LogP contribution in [0.1, 0.15) is 24.1 Å². The van der Waals surface area contributed by atoms with Gasteiger partial charge in [0.05, 0.1) is 0 Å². The Hall–Kier alpha value is -2.33. The maximum Gasteiger partial charge on any atom is 0.250 e. The number of rotatable bonds is 5. The number of nitrogens with one attached hydrogen (secondary N) is 2. The quantitative estimate of drug-likeness (QED) is 0.790. The summed E-state index contributed by atoms with van der Waals surface area (Å²) in [6.45, 7) is 3.65. The zero-order valence-electron chi connectivity index (χ0n) is 12.3. The summed E-state index contributed by atoms with van der Waals surface area (Å²) in [6.07, 6.45) is 0. The maximum atomic E-state index is 11.2. The van der Waals surface area contributed by atoms with Crippen molar-refractivity contribution in [1.82, 2.24) is 0 Å². The summed E-state index contributed by atoms with van der Waals surface area (Å²) in [5.74, 6) is -0.418. The summed E-state index contributed by atoms with van der Waals surface area (Å²) < 4.78 is 0. The molecule has 2 aromatic carbocycles. The maximum absolute atomic E-state index is 11.2. The molecule has 0 spiro atoms. The molecular weight excluding hydrogens is 264 g/mol. The number of amides is 1. The average Bonchev–Trinajstić information content (AvgIpc) is 2.47. The van der Waals surface area contributed by atoms with Gasteiger partial charge in [-0.1, -0.05) is 35.9 Å². The molecule has 0 aliphatic carbocycles. The Morgan fingerprint density at radius 2 is 1.86 bits per heavy atom. The van der Waals surface area contributed by atoms with Gasteiger partial charge in [0, 0.05) is 17.4 Å². The third-order valence-corrected chi connectivity index (χ3v) is 3.22. The minimum Gasteiger partial charge on any atom is -0.387 e. The molecule has 21 heavy (non-hydrogen) atoms. The highest BCUT2D eigenvalue weighted by Gasteiger charge is 2.06. The van der Waals surface area contributed by atoms with Crippen LogP contribution in [0.25, 0.3) is 0 Å². The van der Waals surface area contributed by atoms with Gasteiger partial charge in [-0.25, -0.2) is 0 Å². The van der Waals surface area contributed by atoms with Crippen molar-refractivity contribution in [3.8, 4) is 0 Å². The molecule has 2 aromatic rings. The Balaban J connectivity index is 2.08. The molecule has 4 nitrogen and oxygen atoms in total. The highest BCUT2D eigenvalue weighted by molar-refractivity contribution is 5.91. The Labute approximate surface area is 124 Å². The fourth-order valence-electron chi connectivity index (χ4n) is 2.16. The summed E-state index contributed by atoms with van der Waals surface area (Å²) in [5.41, 5.74) is 4.01. The van der Waals surface area contributed by atoms with E-state index in [4.69, 9.17) is 5.11 Å². The molecule has 1 atom stereocenters. The second-order valence-electron chi connectivity index (χ2n) is 5.07. The van der Waals surface area contributed by atoms with Gasteiger partial charge in [0.1, 0.15) is 6.61 Å². The van der Waals surface area contributed by atoms with E-state index in [1.165, 1.54) is 11.1 Å². The van der Waals surface area contributed by atoms with Crippen molar-refractivity contribution in [2.45, 2.75) is 19.9 Å². The Morgan fingerprint density at radius 1 is 1.14 bits per heavy atom. The van der Waals surface area contributed by atoms with Gasteiger partial charge in [0.15, 0.2) is 0 Å². The molecule has 2 rings (SSSR count). The van der Waals surface area contributed by atoms with Crippen LogP contribution in [0.3, 0.4) is 0 Å². The molecule has 0 bridgehead atoms. The molecule has 0 heterocycles. The van der Waals surface area contributed by atoms with E-state index in [1.807, 2.05) is 24.3 Å². The van der Waals surface area contributed by atoms with Crippen molar-refractivity contribution < 1.29 is 9.90 Å². The molecule has 3 N–H and O–H groups in total. The lowest BCUT2D eigenvalue weighted by molar-refractivity contribution is -0.118. The predicted octanol–water partition coefficient (Wildman–Crippen LogP) is 3.10. The first-order valence-corrected chi connectivity index (χ1v) is 6.92. The van der Waals surface area contributed by atoms with E-state index in [0.29, 0.717) is 5.69 Å². The topological polar surface area (TPSA) is 61.4 Å². The van der Waals surface area contributed by atoms with Gasteiger partial charge in [0.2, 0.25) is 5.91 Å². The second kappa shape index (κ2) is 6.90. The van der Waals surface area contributed by atoms with Gasteiger partial charge >= 0.3 is 0 Å². The lowest BCUT2D eigenvalue weighted by Crippen LogP contribution is -2.15. The lowest BCUT2D eigenvalue weighted by atomic mass is 10.1. The molecule has 110 valence electrons. The zero-order chi connectivity index (χ0) is 15.2. The molecule has 0 aliphatic rings. The van der Waals surface area contributed by atoms with Crippen LogP contribution in [0.2, 0.25) is 0 Å². The van der Waals surface area contributed by atoms with E-state index in [9.17, 15) is 4.79 Å². The first-order chi connectivity index (χ1) is 10.1. The van der Waals surface area contributed by atoms with Gasteiger partial charge < -0.3 is 15.7 Å². The molecule has 4 heteroatoms. The summed E-state index contributed by atoms with van der Waals surface area (Å²) in [5, 5.41) is 14.8. The summed E-state index contributed by atoms with van der Waals surface area (Å²) in [4.78, 5) is 11.2. The molecule has 0 radical (unpaired) electrons. The van der Waals surface area contributed by atoms with Crippen molar-refractivity contribution in [2.24, 2.45) is 0 Å². The molecule has 0 saturated carbocycles. The first kappa shape index (κ1) is 15.1. The van der Waals surface area contributed by atoms with E-state index in [0.717, 1.165) is 5.69 Å². The van der Waals surface area contributed by atoms with Crippen LogP contribution in [-0.4, -0.2) is 17.6 Å². The molecule has 0 aromatic heterocycles. The number of aryl methyl sites for hydroxylation is 1. The Bertz CT molecular complexity index is 626. The van der Waals surface area contributed by atoms with Crippen LogP contribution in [0, 0.1) is 6.92 Å². The fraction of sp³-hybridized carbons (Fsp3) is 0.235. The number of hydrogen-bond donors (Lipinski definition) is 3. The Kier molecular flexibility index (Phi) is 4.95. The van der Waals surface area contributed by atoms with Crippen molar-refractivity contribution in [1.29, 1.82) is 0 Å². The minimum atomic E-state index is -0.517. The highest BCUT2D eigenvalue weighted by atomic mass is 16.3. The number of carbonyl (C=O) groups excluding carboxylic acids is 1. The van der Waals surface area contributed by atoms with Crippen LogP contribution >= 0.6 is 0 Å². The van der Waals surface area contributed by atoms with E-state index in [1.54, 1.807) is 6.07 Å². The van der Waals surface area contributed by atoms with Crippen molar-refractivity contribution in [3.63, 3.8) is 0 Å². The minimum absolute atomic E-state index is 0.161. The van der Waals surface area contributed by atoms with E-state index in [-0.39, 0.29) is 6.04 Å². The van der Waals surface area contributed by atoms with Crippen molar-refractivity contribution >= 4 is 17.3 Å². The first-order valence-electron chi connectivity index (χ1n) is 6.92. The van der Waals surface area contributed by atoms with Crippen LogP contribution in [0.5, 0.6) is 0 Å². The van der Waals surface area contributed by atoms with Crippen LogP contribution in [-0.2, 0) is 4.79 Å². The van der Waals surface area contributed by atoms with Crippen LogP contribution in [0.15, 0.2) is 48.5 Å². The highest BCUT2D eigenvalue weighted by Crippen LogP contribution is 2.22. The van der Waals surface area contributed by atoms with E-state index in [2.05, 4.69) is 42.7 Å². The van der Waals surface area contributed by atoms with Gasteiger partial charge in [-0.05, 0) is 37.6 Å². The lowest BCUT2D eigenvalue weighted by Gasteiger charge is -2.17. The van der Waals surface area contributed by atoms with Gasteiger partial charge in [0.25, 0.3) is 0 Å². The molecule has 1 unspecified atom stereocenters. The molecule has 0 saturated heterocycles.